The molecule has 0 unspecified atom stereocenters. The number of oxime groups is 1. The number of aryl methyl sites for hydroxylation is 1. The molecule has 1 heterocycles. The minimum atomic E-state index is -0.232. The first kappa shape index (κ1) is 22.1. The summed E-state index contributed by atoms with van der Waals surface area (Å²) in [5, 5.41) is 5.11. The Morgan fingerprint density at radius 1 is 1.20 bits per heavy atom. The highest BCUT2D eigenvalue weighted by Crippen LogP contribution is 2.19. The molecule has 0 bridgehead atoms. The summed E-state index contributed by atoms with van der Waals surface area (Å²) in [6.45, 7) is 6.81. The van der Waals surface area contributed by atoms with Gasteiger partial charge in [0, 0.05) is 41.4 Å². The Balaban J connectivity index is 1.66. The number of esters is 1. The average molecular weight is 427 g/mol. The molecule has 0 aromatic heterocycles. The zero-order valence-electron chi connectivity index (χ0n) is 17.4. The zero-order chi connectivity index (χ0) is 21.3. The number of hydrogen-bond acceptors (Lipinski definition) is 5. The van der Waals surface area contributed by atoms with E-state index in [4.69, 9.17) is 21.2 Å². The van der Waals surface area contributed by atoms with Crippen LogP contribution in [0.5, 0.6) is 0 Å². The molecular weight excluding hydrogens is 400 g/mol. The molecule has 1 aliphatic heterocycles. The van der Waals surface area contributed by atoms with E-state index in [0.717, 1.165) is 35.4 Å². The van der Waals surface area contributed by atoms with Crippen LogP contribution in [0.2, 0.25) is 5.02 Å². The lowest BCUT2D eigenvalue weighted by atomic mass is 9.98. The van der Waals surface area contributed by atoms with Gasteiger partial charge in [0.05, 0.1) is 6.61 Å². The monoisotopic (exact) mass is 426 g/mol. The van der Waals surface area contributed by atoms with Crippen molar-refractivity contribution in [1.82, 2.24) is 4.90 Å². The minimum absolute atomic E-state index is 0.232. The molecule has 6 heteroatoms. The lowest BCUT2D eigenvalue weighted by Crippen LogP contribution is -2.35. The second kappa shape index (κ2) is 11.0. The van der Waals surface area contributed by atoms with Gasteiger partial charge in [-0.25, -0.2) is 4.79 Å². The van der Waals surface area contributed by atoms with Crippen LogP contribution in [0.15, 0.2) is 65.3 Å². The van der Waals surface area contributed by atoms with Crippen LogP contribution in [0, 0.1) is 6.92 Å². The first-order valence-corrected chi connectivity index (χ1v) is 10.6. The van der Waals surface area contributed by atoms with E-state index in [1.54, 1.807) is 0 Å². The summed E-state index contributed by atoms with van der Waals surface area (Å²) < 4.78 is 5.11. The maximum absolute atomic E-state index is 12.0. The Labute approximate surface area is 182 Å². The Hall–Kier alpha value is -2.63. The normalized spacial score (nSPS) is 14.9. The van der Waals surface area contributed by atoms with Crippen molar-refractivity contribution in [2.75, 3.05) is 32.8 Å². The SMILES string of the molecule is CCOC(=O)C1=CCCN(CCO/N=C(\c2cccc(Cl)c2)c2ccccc2C)C1. The van der Waals surface area contributed by atoms with E-state index in [0.29, 0.717) is 36.9 Å². The number of nitrogens with zero attached hydrogens (tertiary/aromatic N) is 2. The molecule has 0 radical (unpaired) electrons. The minimum Gasteiger partial charge on any atom is -0.463 e. The van der Waals surface area contributed by atoms with Crippen LogP contribution < -0.4 is 0 Å². The summed E-state index contributed by atoms with van der Waals surface area (Å²) in [6.07, 6.45) is 2.79. The van der Waals surface area contributed by atoms with Crippen molar-refractivity contribution >= 4 is 23.3 Å². The second-order valence-corrected chi connectivity index (χ2v) is 7.55. The molecule has 0 fully saturated rings. The van der Waals surface area contributed by atoms with E-state index in [2.05, 4.69) is 10.1 Å². The maximum Gasteiger partial charge on any atom is 0.334 e. The van der Waals surface area contributed by atoms with Crippen LogP contribution in [0.25, 0.3) is 0 Å². The fourth-order valence-electron chi connectivity index (χ4n) is 3.38. The third-order valence-electron chi connectivity index (χ3n) is 4.92. The van der Waals surface area contributed by atoms with Crippen LogP contribution in [-0.4, -0.2) is 49.4 Å². The van der Waals surface area contributed by atoms with Crippen molar-refractivity contribution in [1.29, 1.82) is 0 Å². The third-order valence-corrected chi connectivity index (χ3v) is 5.16. The van der Waals surface area contributed by atoms with E-state index in [1.807, 2.05) is 68.5 Å². The molecule has 2 aromatic rings. The van der Waals surface area contributed by atoms with Gasteiger partial charge in [0.25, 0.3) is 0 Å². The van der Waals surface area contributed by atoms with Gasteiger partial charge in [-0.05, 0) is 38.0 Å². The van der Waals surface area contributed by atoms with Gasteiger partial charge in [-0.15, -0.1) is 0 Å². The van der Waals surface area contributed by atoms with Crippen LogP contribution in [-0.2, 0) is 14.4 Å². The highest BCUT2D eigenvalue weighted by molar-refractivity contribution is 6.31. The molecule has 30 heavy (non-hydrogen) atoms. The Morgan fingerprint density at radius 2 is 2.03 bits per heavy atom. The van der Waals surface area contributed by atoms with Crippen molar-refractivity contribution in [2.24, 2.45) is 5.16 Å². The number of hydrogen-bond donors (Lipinski definition) is 0. The van der Waals surface area contributed by atoms with Gasteiger partial charge in [0.1, 0.15) is 12.3 Å². The first-order valence-electron chi connectivity index (χ1n) is 10.2. The van der Waals surface area contributed by atoms with Gasteiger partial charge in [-0.2, -0.15) is 0 Å². The summed E-state index contributed by atoms with van der Waals surface area (Å²) in [7, 11) is 0. The molecule has 0 atom stereocenters. The van der Waals surface area contributed by atoms with Gasteiger partial charge in [0.2, 0.25) is 0 Å². The summed E-state index contributed by atoms with van der Waals surface area (Å²) >= 11 is 6.20. The van der Waals surface area contributed by atoms with E-state index in [9.17, 15) is 4.79 Å². The van der Waals surface area contributed by atoms with Gasteiger partial charge in [-0.3, -0.25) is 4.90 Å². The molecule has 0 N–H and O–H groups in total. The molecule has 5 nitrogen and oxygen atoms in total. The second-order valence-electron chi connectivity index (χ2n) is 7.11. The van der Waals surface area contributed by atoms with E-state index < -0.39 is 0 Å². The molecule has 0 aliphatic carbocycles. The number of benzene rings is 2. The number of halogens is 1. The fraction of sp³-hybridized carbons (Fsp3) is 0.333. The van der Waals surface area contributed by atoms with E-state index in [-0.39, 0.29) is 5.97 Å². The quantitative estimate of drug-likeness (QED) is 0.267. The molecule has 158 valence electrons. The van der Waals surface area contributed by atoms with Gasteiger partial charge in [0.15, 0.2) is 0 Å². The highest BCUT2D eigenvalue weighted by atomic mass is 35.5. The largest absolute Gasteiger partial charge is 0.463 e. The topological polar surface area (TPSA) is 51.1 Å². The van der Waals surface area contributed by atoms with E-state index in [1.165, 1.54) is 0 Å². The first-order chi connectivity index (χ1) is 14.6. The molecule has 0 amide bonds. The third kappa shape index (κ3) is 5.94. The maximum atomic E-state index is 12.0. The molecule has 0 spiro atoms. The van der Waals surface area contributed by atoms with Gasteiger partial charge in [-0.1, -0.05) is 59.2 Å². The van der Waals surface area contributed by atoms with Crippen molar-refractivity contribution in [2.45, 2.75) is 20.3 Å². The van der Waals surface area contributed by atoms with Crippen LogP contribution in [0.3, 0.4) is 0 Å². The summed E-state index contributed by atoms with van der Waals surface area (Å²) in [5.74, 6) is -0.232. The summed E-state index contributed by atoms with van der Waals surface area (Å²) in [6, 6.07) is 15.7. The Kier molecular flexibility index (Phi) is 8.05. The lowest BCUT2D eigenvalue weighted by Gasteiger charge is -2.25. The van der Waals surface area contributed by atoms with Crippen LogP contribution in [0.4, 0.5) is 0 Å². The standard InChI is InChI=1S/C24H27ClN2O3/c1-3-29-24(28)20-10-7-13-27(17-20)14-15-30-26-23(19-9-6-11-21(25)16-19)22-12-5-4-8-18(22)2/h4-6,8-12,16H,3,7,13-15,17H2,1-2H3/b26-23+. The predicted molar refractivity (Wildman–Crippen MR) is 120 cm³/mol. The lowest BCUT2D eigenvalue weighted by molar-refractivity contribution is -0.139. The number of rotatable bonds is 8. The zero-order valence-corrected chi connectivity index (χ0v) is 18.2. The smallest absolute Gasteiger partial charge is 0.334 e. The Morgan fingerprint density at radius 3 is 2.80 bits per heavy atom. The molecule has 2 aromatic carbocycles. The number of ether oxygens (including phenoxy) is 1. The van der Waals surface area contributed by atoms with E-state index >= 15 is 0 Å². The van der Waals surface area contributed by atoms with Crippen molar-refractivity contribution in [3.05, 3.63) is 81.9 Å². The molecule has 0 saturated heterocycles. The van der Waals surface area contributed by atoms with Crippen molar-refractivity contribution in [3.8, 4) is 0 Å². The molecule has 1 aliphatic rings. The number of carbonyl (C=O) groups excluding carboxylic acids is 1. The highest BCUT2D eigenvalue weighted by Gasteiger charge is 2.19. The van der Waals surface area contributed by atoms with Crippen LogP contribution >= 0.6 is 11.6 Å². The molecule has 3 rings (SSSR count). The average Bonchev–Trinajstić information content (AvgIpc) is 2.75. The van der Waals surface area contributed by atoms with Crippen molar-refractivity contribution < 1.29 is 14.4 Å². The van der Waals surface area contributed by atoms with Gasteiger partial charge >= 0.3 is 5.97 Å². The summed E-state index contributed by atoms with van der Waals surface area (Å²) in [5.41, 5.74) is 4.49. The summed E-state index contributed by atoms with van der Waals surface area (Å²) in [4.78, 5) is 19.8. The fourth-order valence-corrected chi connectivity index (χ4v) is 3.57. The Bertz CT molecular complexity index is 940. The predicted octanol–water partition coefficient (Wildman–Crippen LogP) is 4.61. The van der Waals surface area contributed by atoms with Crippen molar-refractivity contribution in [3.63, 3.8) is 0 Å². The van der Waals surface area contributed by atoms with Crippen LogP contribution in [0.1, 0.15) is 30.0 Å². The molecular formula is C24H27ClN2O3. The molecule has 0 saturated carbocycles. The van der Waals surface area contributed by atoms with Gasteiger partial charge < -0.3 is 9.57 Å². The number of carbonyl (C=O) groups is 1.